The van der Waals surface area contributed by atoms with Crippen LogP contribution in [0.1, 0.15) is 23.2 Å². The first-order valence-electron chi connectivity index (χ1n) is 10.2. The molecule has 2 aliphatic rings. The van der Waals surface area contributed by atoms with Gasteiger partial charge in [0, 0.05) is 25.5 Å². The standard InChI is InChI=1S/C23H24N4O3/c1-16-6-5-10-27-18(13-24-22(16)27)12-21(29)26-11-9-23(17-7-3-2-4-8-17)19(14-26)30-15-20(28)25-23/h2-8,10,13,19H,9,11-12,14-15H2,1H3,(H,25,28)/t19-,23+/m1/s1. The first-order chi connectivity index (χ1) is 14.6. The molecular weight excluding hydrogens is 380 g/mol. The van der Waals surface area contributed by atoms with E-state index < -0.39 is 5.54 Å². The second-order valence-corrected chi connectivity index (χ2v) is 8.09. The number of amides is 2. The molecule has 3 aromatic rings. The van der Waals surface area contributed by atoms with Crippen LogP contribution in [0.25, 0.3) is 5.65 Å². The van der Waals surface area contributed by atoms with Crippen molar-refractivity contribution in [3.8, 4) is 0 Å². The number of aromatic nitrogens is 2. The van der Waals surface area contributed by atoms with Crippen molar-refractivity contribution in [3.05, 3.63) is 71.7 Å². The fourth-order valence-corrected chi connectivity index (χ4v) is 4.68. The molecule has 0 unspecified atom stereocenters. The van der Waals surface area contributed by atoms with Crippen molar-refractivity contribution in [1.29, 1.82) is 0 Å². The predicted molar refractivity (Wildman–Crippen MR) is 111 cm³/mol. The highest BCUT2D eigenvalue weighted by molar-refractivity contribution is 5.81. The molecule has 0 saturated carbocycles. The van der Waals surface area contributed by atoms with Crippen LogP contribution in [-0.2, 0) is 26.3 Å². The maximum absolute atomic E-state index is 13.1. The Labute approximate surface area is 174 Å². The molecule has 2 aliphatic heterocycles. The molecule has 0 radical (unpaired) electrons. The molecule has 0 spiro atoms. The second-order valence-electron chi connectivity index (χ2n) is 8.09. The quantitative estimate of drug-likeness (QED) is 0.723. The lowest BCUT2D eigenvalue weighted by Gasteiger charge is -2.50. The number of fused-ring (bicyclic) bond motifs is 2. The van der Waals surface area contributed by atoms with E-state index in [0.29, 0.717) is 19.5 Å². The molecule has 0 aliphatic carbocycles. The van der Waals surface area contributed by atoms with Crippen molar-refractivity contribution in [1.82, 2.24) is 19.6 Å². The van der Waals surface area contributed by atoms with Crippen molar-refractivity contribution in [2.45, 2.75) is 31.4 Å². The van der Waals surface area contributed by atoms with Gasteiger partial charge in [-0.1, -0.05) is 36.4 Å². The number of likely N-dealkylation sites (tertiary alicyclic amines) is 1. The number of nitrogens with one attached hydrogen (secondary N) is 1. The molecule has 2 saturated heterocycles. The third kappa shape index (κ3) is 3.06. The van der Waals surface area contributed by atoms with Crippen molar-refractivity contribution in [3.63, 3.8) is 0 Å². The lowest BCUT2D eigenvalue weighted by molar-refractivity contribution is -0.157. The van der Waals surface area contributed by atoms with Crippen LogP contribution < -0.4 is 5.32 Å². The largest absolute Gasteiger partial charge is 0.364 e. The zero-order valence-electron chi connectivity index (χ0n) is 16.9. The molecule has 1 N–H and O–H groups in total. The Morgan fingerprint density at radius 3 is 2.93 bits per heavy atom. The Morgan fingerprint density at radius 2 is 2.10 bits per heavy atom. The highest BCUT2D eigenvalue weighted by Crippen LogP contribution is 2.37. The van der Waals surface area contributed by atoms with Crippen LogP contribution >= 0.6 is 0 Å². The molecule has 2 fully saturated rings. The Kier molecular flexibility index (Phi) is 4.55. The van der Waals surface area contributed by atoms with Crippen LogP contribution in [0.2, 0.25) is 0 Å². The van der Waals surface area contributed by atoms with Gasteiger partial charge in [-0.25, -0.2) is 4.98 Å². The second kappa shape index (κ2) is 7.25. The van der Waals surface area contributed by atoms with E-state index in [1.54, 1.807) is 6.20 Å². The Bertz CT molecular complexity index is 1110. The summed E-state index contributed by atoms with van der Waals surface area (Å²) < 4.78 is 7.91. The van der Waals surface area contributed by atoms with Gasteiger partial charge in [-0.05, 0) is 30.5 Å². The minimum absolute atomic E-state index is 0.0216. The summed E-state index contributed by atoms with van der Waals surface area (Å²) in [6.07, 6.45) is 4.33. The van der Waals surface area contributed by atoms with E-state index in [1.165, 1.54) is 0 Å². The number of aryl methyl sites for hydroxylation is 1. The molecule has 2 atom stereocenters. The van der Waals surface area contributed by atoms with Crippen molar-refractivity contribution < 1.29 is 14.3 Å². The summed E-state index contributed by atoms with van der Waals surface area (Å²) in [6.45, 7) is 3.04. The summed E-state index contributed by atoms with van der Waals surface area (Å²) in [5.74, 6) is -0.0727. The number of morpholine rings is 1. The van der Waals surface area contributed by atoms with Gasteiger partial charge in [-0.2, -0.15) is 0 Å². The molecule has 2 aromatic heterocycles. The number of rotatable bonds is 3. The average molecular weight is 404 g/mol. The van der Waals surface area contributed by atoms with Gasteiger partial charge >= 0.3 is 0 Å². The van der Waals surface area contributed by atoms with Crippen LogP contribution in [0.5, 0.6) is 0 Å². The van der Waals surface area contributed by atoms with Gasteiger partial charge in [0.25, 0.3) is 0 Å². The number of piperidine rings is 1. The normalized spacial score (nSPS) is 23.8. The fourth-order valence-electron chi connectivity index (χ4n) is 4.68. The number of nitrogens with zero attached hydrogens (tertiary/aromatic N) is 3. The first-order valence-corrected chi connectivity index (χ1v) is 10.2. The summed E-state index contributed by atoms with van der Waals surface area (Å²) in [5.41, 5.74) is 3.26. The summed E-state index contributed by atoms with van der Waals surface area (Å²) in [5, 5.41) is 3.17. The third-order valence-electron chi connectivity index (χ3n) is 6.27. The number of hydrogen-bond acceptors (Lipinski definition) is 4. The Balaban J connectivity index is 1.37. The number of ether oxygens (including phenoxy) is 1. The SMILES string of the molecule is Cc1cccn2c(CC(=O)N3CC[C@@]4(c5ccccc5)NC(=O)CO[C@@H]4C3)cnc12. The number of pyridine rings is 1. The predicted octanol–water partition coefficient (Wildman–Crippen LogP) is 1.83. The van der Waals surface area contributed by atoms with Crippen LogP contribution in [0.3, 0.4) is 0 Å². The number of carbonyl (C=O) groups excluding carboxylic acids is 2. The van der Waals surface area contributed by atoms with Gasteiger partial charge in [-0.3, -0.25) is 9.59 Å². The van der Waals surface area contributed by atoms with Gasteiger partial charge < -0.3 is 19.4 Å². The smallest absolute Gasteiger partial charge is 0.246 e. The highest BCUT2D eigenvalue weighted by Gasteiger charge is 2.49. The van der Waals surface area contributed by atoms with Crippen LogP contribution in [0, 0.1) is 6.92 Å². The maximum Gasteiger partial charge on any atom is 0.246 e. The van der Waals surface area contributed by atoms with Crippen LogP contribution in [0.15, 0.2) is 54.9 Å². The van der Waals surface area contributed by atoms with E-state index in [2.05, 4.69) is 10.3 Å². The summed E-state index contributed by atoms with van der Waals surface area (Å²) in [6, 6.07) is 13.9. The molecule has 7 heteroatoms. The molecule has 30 heavy (non-hydrogen) atoms. The van der Waals surface area contributed by atoms with E-state index in [9.17, 15) is 9.59 Å². The van der Waals surface area contributed by atoms with Gasteiger partial charge in [0.05, 0.1) is 17.7 Å². The van der Waals surface area contributed by atoms with Gasteiger partial charge in [-0.15, -0.1) is 0 Å². The zero-order valence-corrected chi connectivity index (χ0v) is 16.9. The molecule has 7 nitrogen and oxygen atoms in total. The van der Waals surface area contributed by atoms with Gasteiger partial charge in [0.2, 0.25) is 11.8 Å². The van der Waals surface area contributed by atoms with E-state index in [0.717, 1.165) is 22.5 Å². The zero-order chi connectivity index (χ0) is 20.7. The Hall–Kier alpha value is -3.19. The number of imidazole rings is 1. The van der Waals surface area contributed by atoms with Crippen molar-refractivity contribution >= 4 is 17.5 Å². The van der Waals surface area contributed by atoms with Crippen LogP contribution in [0.4, 0.5) is 0 Å². The van der Waals surface area contributed by atoms with Crippen LogP contribution in [-0.4, -0.2) is 51.9 Å². The van der Waals surface area contributed by atoms with Crippen molar-refractivity contribution in [2.75, 3.05) is 19.7 Å². The topological polar surface area (TPSA) is 75.9 Å². The minimum Gasteiger partial charge on any atom is -0.364 e. The number of benzene rings is 1. The Morgan fingerprint density at radius 1 is 1.27 bits per heavy atom. The maximum atomic E-state index is 13.1. The van der Waals surface area contributed by atoms with Crippen molar-refractivity contribution in [2.24, 2.45) is 0 Å². The summed E-state index contributed by atoms with van der Waals surface area (Å²) in [7, 11) is 0. The van der Waals surface area contributed by atoms with Gasteiger partial charge in [0.15, 0.2) is 0 Å². The van der Waals surface area contributed by atoms with E-state index in [1.807, 2.05) is 64.9 Å². The minimum atomic E-state index is -0.589. The first kappa shape index (κ1) is 18.8. The molecule has 154 valence electrons. The molecular formula is C23H24N4O3. The van der Waals surface area contributed by atoms with E-state index in [4.69, 9.17) is 4.74 Å². The molecule has 2 amide bonds. The number of hydrogen-bond donors (Lipinski definition) is 1. The summed E-state index contributed by atoms with van der Waals surface area (Å²) in [4.78, 5) is 31.6. The average Bonchev–Trinajstić information content (AvgIpc) is 3.18. The monoisotopic (exact) mass is 404 g/mol. The molecule has 5 rings (SSSR count). The third-order valence-corrected chi connectivity index (χ3v) is 6.27. The summed E-state index contributed by atoms with van der Waals surface area (Å²) >= 11 is 0. The molecule has 0 bridgehead atoms. The fraction of sp³-hybridized carbons (Fsp3) is 0.348. The van der Waals surface area contributed by atoms with E-state index in [-0.39, 0.29) is 30.9 Å². The highest BCUT2D eigenvalue weighted by atomic mass is 16.5. The lowest BCUT2D eigenvalue weighted by atomic mass is 9.77. The van der Waals surface area contributed by atoms with Gasteiger partial charge in [0.1, 0.15) is 18.4 Å². The lowest BCUT2D eigenvalue weighted by Crippen LogP contribution is -2.67. The van der Waals surface area contributed by atoms with E-state index >= 15 is 0 Å². The molecule has 4 heterocycles. The molecule has 1 aromatic carbocycles. The number of carbonyl (C=O) groups is 2.